The Morgan fingerprint density at radius 3 is 2.53 bits per heavy atom. The van der Waals surface area contributed by atoms with Gasteiger partial charge in [0.1, 0.15) is 0 Å². The van der Waals surface area contributed by atoms with Gasteiger partial charge in [-0.1, -0.05) is 51.1 Å². The fourth-order valence-corrected chi connectivity index (χ4v) is 6.42. The van der Waals surface area contributed by atoms with Crippen molar-refractivity contribution in [2.45, 2.75) is 66.0 Å². The standard InChI is InChI=1S/C35H43N5O3/c1-6-29(24-13-10-9-11-14-24)37-33(41)25-16-17-30-27(19-25)28(34(42)38-30)20-31-22(4)32(23(5)36-31)35(43)40-18-12-15-26(40)21-39(7-2)8-3/h9-11,13-14,16-17,19-20,26,29,36H,6-8,12,15,18,21H2,1-5H3,(H,37,41)(H,38,42)/b28-20-/t26-,29-/m1/s1. The second-order valence-electron chi connectivity index (χ2n) is 11.6. The lowest BCUT2D eigenvalue weighted by molar-refractivity contribution is -0.110. The van der Waals surface area contributed by atoms with Gasteiger partial charge in [-0.25, -0.2) is 0 Å². The number of hydrogen-bond donors (Lipinski definition) is 3. The van der Waals surface area contributed by atoms with Gasteiger partial charge in [0, 0.05) is 47.3 Å². The van der Waals surface area contributed by atoms with E-state index in [4.69, 9.17) is 0 Å². The van der Waals surface area contributed by atoms with Crippen molar-refractivity contribution < 1.29 is 14.4 Å². The normalized spacial score (nSPS) is 17.8. The molecule has 2 atom stereocenters. The first kappa shape index (κ1) is 30.3. The highest BCUT2D eigenvalue weighted by molar-refractivity contribution is 6.35. The largest absolute Gasteiger partial charge is 0.358 e. The van der Waals surface area contributed by atoms with Gasteiger partial charge in [-0.05, 0) is 81.6 Å². The summed E-state index contributed by atoms with van der Waals surface area (Å²) in [6.07, 6.45) is 4.58. The van der Waals surface area contributed by atoms with Crippen LogP contribution in [0.4, 0.5) is 5.69 Å². The number of nitrogens with zero attached hydrogens (tertiary/aromatic N) is 2. The maximum atomic E-state index is 13.8. The molecule has 8 heteroatoms. The maximum Gasteiger partial charge on any atom is 0.256 e. The smallest absolute Gasteiger partial charge is 0.256 e. The molecule has 1 aromatic heterocycles. The van der Waals surface area contributed by atoms with Crippen molar-refractivity contribution in [2.24, 2.45) is 0 Å². The second kappa shape index (κ2) is 13.0. The molecule has 2 aliphatic heterocycles. The predicted octanol–water partition coefficient (Wildman–Crippen LogP) is 5.95. The van der Waals surface area contributed by atoms with Gasteiger partial charge in [0.2, 0.25) is 0 Å². The highest BCUT2D eigenvalue weighted by Crippen LogP contribution is 2.35. The number of anilines is 1. The van der Waals surface area contributed by atoms with Gasteiger partial charge in [0.25, 0.3) is 17.7 Å². The second-order valence-corrected chi connectivity index (χ2v) is 11.6. The third-order valence-electron chi connectivity index (χ3n) is 8.96. The van der Waals surface area contributed by atoms with Crippen molar-refractivity contribution in [3.63, 3.8) is 0 Å². The van der Waals surface area contributed by atoms with Crippen molar-refractivity contribution >= 4 is 35.1 Å². The Kier molecular flexibility index (Phi) is 9.16. The Morgan fingerprint density at radius 1 is 1.09 bits per heavy atom. The van der Waals surface area contributed by atoms with Crippen LogP contribution in [-0.4, -0.2) is 64.7 Å². The minimum absolute atomic E-state index is 0.0460. The summed E-state index contributed by atoms with van der Waals surface area (Å²) in [6, 6.07) is 15.3. The minimum atomic E-state index is -0.235. The maximum absolute atomic E-state index is 13.8. The van der Waals surface area contributed by atoms with Gasteiger partial charge < -0.3 is 25.4 Å². The van der Waals surface area contributed by atoms with E-state index in [2.05, 4.69) is 34.4 Å². The zero-order valence-electron chi connectivity index (χ0n) is 25.9. The van der Waals surface area contributed by atoms with Crippen molar-refractivity contribution in [2.75, 3.05) is 31.5 Å². The molecule has 1 saturated heterocycles. The van der Waals surface area contributed by atoms with Gasteiger partial charge >= 0.3 is 0 Å². The van der Waals surface area contributed by atoms with Gasteiger partial charge in [-0.2, -0.15) is 0 Å². The Labute approximate surface area is 254 Å². The lowest BCUT2D eigenvalue weighted by Crippen LogP contribution is -2.43. The number of fused-ring (bicyclic) bond motifs is 1. The summed E-state index contributed by atoms with van der Waals surface area (Å²) < 4.78 is 0. The molecule has 43 heavy (non-hydrogen) atoms. The molecule has 3 amide bonds. The number of H-pyrrole nitrogens is 1. The van der Waals surface area contributed by atoms with Crippen molar-refractivity contribution in [3.05, 3.63) is 87.7 Å². The van der Waals surface area contributed by atoms with Gasteiger partial charge in [0.15, 0.2) is 0 Å². The summed E-state index contributed by atoms with van der Waals surface area (Å²) in [7, 11) is 0. The van der Waals surface area contributed by atoms with Crippen molar-refractivity contribution in [3.8, 4) is 0 Å². The Hall–Kier alpha value is -4.17. The van der Waals surface area contributed by atoms with E-state index in [1.807, 2.05) is 56.0 Å². The SMILES string of the molecule is CC[C@@H](NC(=O)c1ccc2c(c1)/C(=C/c1[nH]c(C)c(C(=O)N3CCC[C@@H]3CN(CC)CC)c1C)C(=O)N2)c1ccccc1. The first-order chi connectivity index (χ1) is 20.7. The fraction of sp³-hybridized carbons (Fsp3) is 0.400. The van der Waals surface area contributed by atoms with Crippen LogP contribution in [-0.2, 0) is 4.79 Å². The van der Waals surface area contributed by atoms with Crippen LogP contribution in [0.3, 0.4) is 0 Å². The average molecular weight is 582 g/mol. The molecule has 5 rings (SSSR count). The molecule has 0 spiro atoms. The minimum Gasteiger partial charge on any atom is -0.358 e. The van der Waals surface area contributed by atoms with Crippen LogP contribution >= 0.6 is 0 Å². The molecule has 2 aliphatic rings. The fourth-order valence-electron chi connectivity index (χ4n) is 6.42. The van der Waals surface area contributed by atoms with Gasteiger partial charge in [-0.3, -0.25) is 14.4 Å². The van der Waals surface area contributed by atoms with Crippen LogP contribution in [0.15, 0.2) is 48.5 Å². The molecular weight excluding hydrogens is 538 g/mol. The number of aromatic nitrogens is 1. The van der Waals surface area contributed by atoms with E-state index in [1.54, 1.807) is 24.3 Å². The monoisotopic (exact) mass is 581 g/mol. The summed E-state index contributed by atoms with van der Waals surface area (Å²) in [6.45, 7) is 13.8. The number of nitrogens with one attached hydrogen (secondary N) is 3. The molecule has 2 aromatic carbocycles. The van der Waals surface area contributed by atoms with Crippen molar-refractivity contribution in [1.29, 1.82) is 0 Å². The lowest BCUT2D eigenvalue weighted by atomic mass is 10.0. The van der Waals surface area contributed by atoms with Gasteiger partial charge in [0.05, 0.1) is 17.2 Å². The number of amides is 3. The molecule has 0 bridgehead atoms. The first-order valence-electron chi connectivity index (χ1n) is 15.5. The number of aryl methyl sites for hydroxylation is 1. The van der Waals surface area contributed by atoms with Crippen LogP contribution in [0.2, 0.25) is 0 Å². The number of likely N-dealkylation sites (N-methyl/N-ethyl adjacent to an activating group) is 1. The van der Waals surface area contributed by atoms with Crippen LogP contribution in [0, 0.1) is 13.8 Å². The highest BCUT2D eigenvalue weighted by Gasteiger charge is 2.33. The number of benzene rings is 2. The van der Waals surface area contributed by atoms with E-state index >= 15 is 0 Å². The summed E-state index contributed by atoms with van der Waals surface area (Å²) in [5, 5.41) is 6.06. The van der Waals surface area contributed by atoms with E-state index in [9.17, 15) is 14.4 Å². The third kappa shape index (κ3) is 6.15. The molecule has 0 aliphatic carbocycles. The molecule has 0 radical (unpaired) electrons. The molecule has 0 saturated carbocycles. The first-order valence-corrected chi connectivity index (χ1v) is 15.5. The van der Waals surface area contributed by atoms with E-state index < -0.39 is 0 Å². The van der Waals surface area contributed by atoms with Crippen LogP contribution in [0.1, 0.15) is 94.9 Å². The topological polar surface area (TPSA) is 97.5 Å². The molecule has 3 heterocycles. The van der Waals surface area contributed by atoms with Gasteiger partial charge in [-0.15, -0.1) is 0 Å². The third-order valence-corrected chi connectivity index (χ3v) is 8.96. The molecule has 0 unspecified atom stereocenters. The van der Waals surface area contributed by atoms with Crippen LogP contribution < -0.4 is 10.6 Å². The zero-order valence-corrected chi connectivity index (χ0v) is 25.9. The highest BCUT2D eigenvalue weighted by atomic mass is 16.2. The number of aromatic amines is 1. The average Bonchev–Trinajstić information content (AvgIpc) is 3.69. The lowest BCUT2D eigenvalue weighted by Gasteiger charge is -2.30. The van der Waals surface area contributed by atoms with Crippen molar-refractivity contribution in [1.82, 2.24) is 20.1 Å². The Bertz CT molecular complexity index is 1540. The number of carbonyl (C=O) groups excluding carboxylic acids is 3. The molecular formula is C35H43N5O3. The molecule has 226 valence electrons. The number of carbonyl (C=O) groups is 3. The predicted molar refractivity (Wildman–Crippen MR) is 172 cm³/mol. The van der Waals surface area contributed by atoms with E-state index in [0.717, 1.165) is 68.0 Å². The molecule has 8 nitrogen and oxygen atoms in total. The van der Waals surface area contributed by atoms with E-state index in [1.165, 1.54) is 0 Å². The Morgan fingerprint density at radius 2 is 1.84 bits per heavy atom. The quantitative estimate of drug-likeness (QED) is 0.258. The number of hydrogen-bond acceptors (Lipinski definition) is 4. The number of rotatable bonds is 10. The van der Waals surface area contributed by atoms with Crippen LogP contribution in [0.25, 0.3) is 11.6 Å². The molecule has 3 aromatic rings. The molecule has 1 fully saturated rings. The summed E-state index contributed by atoms with van der Waals surface area (Å²) in [4.78, 5) is 48.0. The summed E-state index contributed by atoms with van der Waals surface area (Å²) in [5.74, 6) is -0.381. The van der Waals surface area contributed by atoms with E-state index in [-0.39, 0.29) is 29.8 Å². The number of likely N-dealkylation sites (tertiary alicyclic amines) is 1. The molecule has 3 N–H and O–H groups in total. The summed E-state index contributed by atoms with van der Waals surface area (Å²) in [5.41, 5.74) is 6.35. The van der Waals surface area contributed by atoms with Crippen LogP contribution in [0.5, 0.6) is 0 Å². The zero-order chi connectivity index (χ0) is 30.7. The summed E-state index contributed by atoms with van der Waals surface area (Å²) >= 11 is 0. The Balaban J connectivity index is 1.40. The van der Waals surface area contributed by atoms with E-state index in [0.29, 0.717) is 28.0 Å².